The van der Waals surface area contributed by atoms with Gasteiger partial charge >= 0.3 is 0 Å². The Bertz CT molecular complexity index is 269. The maximum Gasteiger partial charge on any atom is 0.0696 e. The van der Waals surface area contributed by atoms with E-state index in [0.29, 0.717) is 10.9 Å². The van der Waals surface area contributed by atoms with E-state index in [-0.39, 0.29) is 6.61 Å². The summed E-state index contributed by atoms with van der Waals surface area (Å²) in [5.74, 6) is 0.479. The lowest BCUT2D eigenvalue weighted by Crippen LogP contribution is -1.91. The van der Waals surface area contributed by atoms with E-state index in [1.807, 2.05) is 18.2 Å². The minimum Gasteiger partial charge on any atom is -0.392 e. The molecule has 1 nitrogen and oxygen atoms in total. The van der Waals surface area contributed by atoms with Crippen molar-refractivity contribution in [3.8, 4) is 0 Å². The summed E-state index contributed by atoms with van der Waals surface area (Å²) in [7, 11) is 0. The summed E-state index contributed by atoms with van der Waals surface area (Å²) in [5, 5.41) is 9.58. The van der Waals surface area contributed by atoms with Crippen molar-refractivity contribution in [1.82, 2.24) is 0 Å². The first-order chi connectivity index (χ1) is 5.65. The third-order valence-corrected chi connectivity index (χ3v) is 2.28. The molecule has 0 bridgehead atoms. The molecule has 1 aromatic rings. The molecule has 0 unspecified atom stereocenters. The average molecular weight is 185 g/mol. The topological polar surface area (TPSA) is 20.2 Å². The standard InChI is InChI=1S/C10H13ClO/c1-7(2)8-3-4-10(11)9(5-8)6-12/h3-5,7,12H,6H2,1-2H3. The first-order valence-electron chi connectivity index (χ1n) is 4.04. The van der Waals surface area contributed by atoms with Gasteiger partial charge in [-0.2, -0.15) is 0 Å². The highest BCUT2D eigenvalue weighted by molar-refractivity contribution is 6.31. The van der Waals surface area contributed by atoms with Crippen LogP contribution in [-0.2, 0) is 6.61 Å². The molecule has 0 atom stereocenters. The van der Waals surface area contributed by atoms with Crippen LogP contribution in [0, 0.1) is 0 Å². The Morgan fingerprint density at radius 2 is 2.08 bits per heavy atom. The van der Waals surface area contributed by atoms with Crippen LogP contribution in [0.25, 0.3) is 0 Å². The van der Waals surface area contributed by atoms with Gasteiger partial charge in [-0.3, -0.25) is 0 Å². The fourth-order valence-electron chi connectivity index (χ4n) is 1.07. The molecule has 66 valence electrons. The van der Waals surface area contributed by atoms with Gasteiger partial charge in [0, 0.05) is 5.02 Å². The van der Waals surface area contributed by atoms with E-state index < -0.39 is 0 Å². The predicted molar refractivity (Wildman–Crippen MR) is 51.5 cm³/mol. The lowest BCUT2D eigenvalue weighted by Gasteiger charge is -2.07. The quantitative estimate of drug-likeness (QED) is 0.750. The van der Waals surface area contributed by atoms with Crippen LogP contribution in [0.15, 0.2) is 18.2 Å². The van der Waals surface area contributed by atoms with Crippen LogP contribution in [0.5, 0.6) is 0 Å². The van der Waals surface area contributed by atoms with Crippen LogP contribution >= 0.6 is 11.6 Å². The second-order valence-electron chi connectivity index (χ2n) is 3.16. The molecule has 1 rings (SSSR count). The molecule has 0 aliphatic heterocycles. The van der Waals surface area contributed by atoms with Crippen LogP contribution in [0.1, 0.15) is 30.9 Å². The predicted octanol–water partition coefficient (Wildman–Crippen LogP) is 2.96. The molecule has 0 aliphatic carbocycles. The van der Waals surface area contributed by atoms with E-state index in [1.54, 1.807) is 0 Å². The second-order valence-corrected chi connectivity index (χ2v) is 3.57. The number of halogens is 1. The van der Waals surface area contributed by atoms with Gasteiger partial charge in [0.05, 0.1) is 6.61 Å². The Balaban J connectivity index is 3.05. The number of hydrogen-bond acceptors (Lipinski definition) is 1. The summed E-state index contributed by atoms with van der Waals surface area (Å²) in [6.07, 6.45) is 0. The van der Waals surface area contributed by atoms with Crippen LogP contribution < -0.4 is 0 Å². The third kappa shape index (κ3) is 1.99. The Morgan fingerprint density at radius 3 is 2.58 bits per heavy atom. The van der Waals surface area contributed by atoms with Crippen molar-refractivity contribution < 1.29 is 5.11 Å². The molecule has 0 heterocycles. The molecule has 12 heavy (non-hydrogen) atoms. The smallest absolute Gasteiger partial charge is 0.0696 e. The van der Waals surface area contributed by atoms with E-state index in [1.165, 1.54) is 5.56 Å². The molecule has 1 aromatic carbocycles. The maximum atomic E-state index is 8.94. The van der Waals surface area contributed by atoms with Gasteiger partial charge in [-0.1, -0.05) is 37.6 Å². The van der Waals surface area contributed by atoms with Crippen molar-refractivity contribution in [2.75, 3.05) is 0 Å². The fraction of sp³-hybridized carbons (Fsp3) is 0.400. The van der Waals surface area contributed by atoms with Crippen molar-refractivity contribution in [3.63, 3.8) is 0 Å². The minimum atomic E-state index is 0.0133. The van der Waals surface area contributed by atoms with Crippen molar-refractivity contribution >= 4 is 11.6 Å². The third-order valence-electron chi connectivity index (χ3n) is 1.91. The number of aliphatic hydroxyl groups is 1. The molecule has 0 aromatic heterocycles. The monoisotopic (exact) mass is 184 g/mol. The summed E-state index contributed by atoms with van der Waals surface area (Å²) in [5.41, 5.74) is 2.02. The number of rotatable bonds is 2. The highest BCUT2D eigenvalue weighted by Crippen LogP contribution is 2.22. The second kappa shape index (κ2) is 3.92. The van der Waals surface area contributed by atoms with Crippen molar-refractivity contribution in [2.45, 2.75) is 26.4 Å². The Kier molecular flexibility index (Phi) is 3.12. The van der Waals surface area contributed by atoms with Gasteiger partial charge < -0.3 is 5.11 Å². The molecule has 0 spiro atoms. The van der Waals surface area contributed by atoms with Gasteiger partial charge in [0.15, 0.2) is 0 Å². The van der Waals surface area contributed by atoms with Crippen LogP contribution in [-0.4, -0.2) is 5.11 Å². The van der Waals surface area contributed by atoms with E-state index in [9.17, 15) is 0 Å². The van der Waals surface area contributed by atoms with Gasteiger partial charge in [0.2, 0.25) is 0 Å². The number of benzene rings is 1. The molecular formula is C10H13ClO. The van der Waals surface area contributed by atoms with Gasteiger partial charge in [-0.15, -0.1) is 0 Å². The summed E-state index contributed by atoms with van der Waals surface area (Å²) < 4.78 is 0. The molecule has 2 heteroatoms. The SMILES string of the molecule is CC(C)c1ccc(Cl)c(CO)c1. The van der Waals surface area contributed by atoms with Crippen molar-refractivity contribution in [3.05, 3.63) is 34.3 Å². The van der Waals surface area contributed by atoms with Crippen LogP contribution in [0.2, 0.25) is 5.02 Å². The zero-order valence-electron chi connectivity index (χ0n) is 7.34. The summed E-state index contributed by atoms with van der Waals surface area (Å²) in [6.45, 7) is 4.24. The molecule has 0 fully saturated rings. The maximum absolute atomic E-state index is 8.94. The molecular weight excluding hydrogens is 172 g/mol. The Labute approximate surface area is 78.0 Å². The summed E-state index contributed by atoms with van der Waals surface area (Å²) in [6, 6.07) is 5.78. The van der Waals surface area contributed by atoms with Gasteiger partial charge in [-0.05, 0) is 23.1 Å². The summed E-state index contributed by atoms with van der Waals surface area (Å²) in [4.78, 5) is 0. The lowest BCUT2D eigenvalue weighted by molar-refractivity contribution is 0.282. The van der Waals surface area contributed by atoms with Gasteiger partial charge in [-0.25, -0.2) is 0 Å². The van der Waals surface area contributed by atoms with Crippen molar-refractivity contribution in [2.24, 2.45) is 0 Å². The fourth-order valence-corrected chi connectivity index (χ4v) is 1.25. The lowest BCUT2D eigenvalue weighted by atomic mass is 10.0. The zero-order chi connectivity index (χ0) is 9.14. The van der Waals surface area contributed by atoms with Crippen molar-refractivity contribution in [1.29, 1.82) is 0 Å². The normalized spacial score (nSPS) is 10.8. The summed E-state index contributed by atoms with van der Waals surface area (Å²) >= 11 is 5.84. The molecule has 0 amide bonds. The molecule has 0 radical (unpaired) electrons. The number of aliphatic hydroxyl groups excluding tert-OH is 1. The highest BCUT2D eigenvalue weighted by atomic mass is 35.5. The van der Waals surface area contributed by atoms with E-state index in [2.05, 4.69) is 13.8 Å². The van der Waals surface area contributed by atoms with Crippen LogP contribution in [0.3, 0.4) is 0 Å². The average Bonchev–Trinajstić information content (AvgIpc) is 2.05. The molecule has 1 N–H and O–H groups in total. The van der Waals surface area contributed by atoms with E-state index >= 15 is 0 Å². The van der Waals surface area contributed by atoms with Crippen LogP contribution in [0.4, 0.5) is 0 Å². The molecule has 0 saturated heterocycles. The number of hydrogen-bond donors (Lipinski definition) is 1. The molecule has 0 saturated carbocycles. The first-order valence-corrected chi connectivity index (χ1v) is 4.42. The van der Waals surface area contributed by atoms with E-state index in [4.69, 9.17) is 16.7 Å². The highest BCUT2D eigenvalue weighted by Gasteiger charge is 2.03. The Hall–Kier alpha value is -0.530. The minimum absolute atomic E-state index is 0.0133. The Morgan fingerprint density at radius 1 is 1.42 bits per heavy atom. The largest absolute Gasteiger partial charge is 0.392 e. The van der Waals surface area contributed by atoms with Gasteiger partial charge in [0.1, 0.15) is 0 Å². The van der Waals surface area contributed by atoms with E-state index in [0.717, 1.165) is 5.56 Å². The van der Waals surface area contributed by atoms with Gasteiger partial charge in [0.25, 0.3) is 0 Å². The first kappa shape index (κ1) is 9.56. The zero-order valence-corrected chi connectivity index (χ0v) is 8.10. The molecule has 0 aliphatic rings.